The maximum absolute atomic E-state index is 4.54. The first-order chi connectivity index (χ1) is 8.74. The summed E-state index contributed by atoms with van der Waals surface area (Å²) in [6.07, 6.45) is 2.08. The van der Waals surface area contributed by atoms with Crippen LogP contribution in [0, 0.1) is 13.8 Å². The van der Waals surface area contributed by atoms with Crippen molar-refractivity contribution in [3.05, 3.63) is 52.8 Å². The van der Waals surface area contributed by atoms with Crippen LogP contribution in [0.2, 0.25) is 0 Å². The van der Waals surface area contributed by atoms with Gasteiger partial charge in [-0.3, -0.25) is 4.40 Å². The van der Waals surface area contributed by atoms with E-state index in [2.05, 4.69) is 64.4 Å². The highest BCUT2D eigenvalue weighted by molar-refractivity contribution is 7.15. The molecule has 1 aromatic carbocycles. The van der Waals surface area contributed by atoms with Crippen LogP contribution in [0.15, 0.2) is 35.8 Å². The van der Waals surface area contributed by atoms with Gasteiger partial charge in [0.05, 0.1) is 17.9 Å². The molecule has 0 spiro atoms. The number of aryl methyl sites for hydroxylation is 2. The average Bonchev–Trinajstić information content (AvgIpc) is 2.90. The predicted molar refractivity (Wildman–Crippen MR) is 76.3 cm³/mol. The van der Waals surface area contributed by atoms with Crippen LogP contribution >= 0.6 is 11.3 Å². The van der Waals surface area contributed by atoms with Gasteiger partial charge in [-0.05, 0) is 26.0 Å². The molecule has 0 aliphatic carbocycles. The van der Waals surface area contributed by atoms with Crippen molar-refractivity contribution in [1.29, 1.82) is 0 Å². The fourth-order valence-electron chi connectivity index (χ4n) is 2.01. The number of nitrogens with zero attached hydrogens (tertiary/aromatic N) is 2. The summed E-state index contributed by atoms with van der Waals surface area (Å²) in [6, 6.07) is 8.45. The normalized spacial score (nSPS) is 11.0. The number of hydrogen-bond donors (Lipinski definition) is 1. The van der Waals surface area contributed by atoms with Crippen molar-refractivity contribution in [3.8, 4) is 0 Å². The van der Waals surface area contributed by atoms with Crippen molar-refractivity contribution in [2.24, 2.45) is 0 Å². The molecule has 1 N–H and O–H groups in total. The van der Waals surface area contributed by atoms with Crippen LogP contribution in [0.25, 0.3) is 4.96 Å². The molecule has 0 amide bonds. The van der Waals surface area contributed by atoms with E-state index in [-0.39, 0.29) is 0 Å². The van der Waals surface area contributed by atoms with Gasteiger partial charge in [-0.15, -0.1) is 11.3 Å². The van der Waals surface area contributed by atoms with E-state index in [0.29, 0.717) is 0 Å². The van der Waals surface area contributed by atoms with Gasteiger partial charge < -0.3 is 5.32 Å². The minimum absolute atomic E-state index is 0.798. The number of hydrogen-bond acceptors (Lipinski definition) is 3. The fraction of sp³-hybridized carbons (Fsp3) is 0.214. The fourth-order valence-corrected chi connectivity index (χ4v) is 2.79. The number of anilines is 1. The number of fused-ring (bicyclic) bond motifs is 1. The Kier molecular flexibility index (Phi) is 2.80. The number of nitrogens with one attached hydrogen (secondary N) is 1. The van der Waals surface area contributed by atoms with Crippen molar-refractivity contribution in [1.82, 2.24) is 9.38 Å². The lowest BCUT2D eigenvalue weighted by Gasteiger charge is -2.06. The Morgan fingerprint density at radius 3 is 2.78 bits per heavy atom. The van der Waals surface area contributed by atoms with E-state index in [0.717, 1.165) is 22.9 Å². The Hall–Kier alpha value is -1.81. The summed E-state index contributed by atoms with van der Waals surface area (Å²) < 4.78 is 2.15. The van der Waals surface area contributed by atoms with Gasteiger partial charge in [0, 0.05) is 17.3 Å². The highest BCUT2D eigenvalue weighted by Gasteiger charge is 2.08. The molecule has 0 radical (unpaired) electrons. The summed E-state index contributed by atoms with van der Waals surface area (Å²) in [7, 11) is 0. The van der Waals surface area contributed by atoms with Gasteiger partial charge in [0.25, 0.3) is 0 Å². The first-order valence-electron chi connectivity index (χ1n) is 5.95. The van der Waals surface area contributed by atoms with E-state index in [1.165, 1.54) is 11.3 Å². The van der Waals surface area contributed by atoms with Crippen LogP contribution in [0.3, 0.4) is 0 Å². The molecule has 0 aliphatic heterocycles. The molecule has 3 rings (SSSR count). The molecule has 0 atom stereocenters. The number of imidazole rings is 1. The summed E-state index contributed by atoms with van der Waals surface area (Å²) >= 11 is 1.67. The van der Waals surface area contributed by atoms with E-state index in [1.54, 1.807) is 11.3 Å². The van der Waals surface area contributed by atoms with Crippen LogP contribution in [-0.4, -0.2) is 9.38 Å². The molecule has 18 heavy (non-hydrogen) atoms. The van der Waals surface area contributed by atoms with Crippen LogP contribution in [0.1, 0.15) is 17.0 Å². The highest BCUT2D eigenvalue weighted by atomic mass is 32.1. The second-order valence-corrected chi connectivity index (χ2v) is 5.29. The third-order valence-electron chi connectivity index (χ3n) is 3.07. The average molecular weight is 257 g/mol. The Morgan fingerprint density at radius 2 is 2.00 bits per heavy atom. The molecule has 0 unspecified atom stereocenters. The maximum Gasteiger partial charge on any atom is 0.194 e. The van der Waals surface area contributed by atoms with Gasteiger partial charge in [0.1, 0.15) is 0 Å². The quantitative estimate of drug-likeness (QED) is 0.776. The van der Waals surface area contributed by atoms with E-state index < -0.39 is 0 Å². The largest absolute Gasteiger partial charge is 0.379 e. The molecule has 3 aromatic rings. The third-order valence-corrected chi connectivity index (χ3v) is 3.83. The smallest absolute Gasteiger partial charge is 0.194 e. The first kappa shape index (κ1) is 11.3. The van der Waals surface area contributed by atoms with Crippen molar-refractivity contribution < 1.29 is 0 Å². The van der Waals surface area contributed by atoms with Gasteiger partial charge in [0.15, 0.2) is 4.96 Å². The number of thiazole rings is 1. The van der Waals surface area contributed by atoms with E-state index in [9.17, 15) is 0 Å². The zero-order valence-corrected chi connectivity index (χ0v) is 11.3. The van der Waals surface area contributed by atoms with Crippen LogP contribution in [0.4, 0.5) is 5.69 Å². The first-order valence-corrected chi connectivity index (χ1v) is 6.83. The molecule has 0 fully saturated rings. The number of aromatic nitrogens is 2. The van der Waals surface area contributed by atoms with Crippen molar-refractivity contribution in [3.63, 3.8) is 0 Å². The zero-order chi connectivity index (χ0) is 12.5. The lowest BCUT2D eigenvalue weighted by Crippen LogP contribution is -2.03. The molecule has 0 aliphatic rings. The molecule has 2 heterocycles. The number of rotatable bonds is 3. The molecule has 0 saturated carbocycles. The second kappa shape index (κ2) is 4.46. The lowest BCUT2D eigenvalue weighted by molar-refractivity contribution is 0.994. The molecular formula is C14H15N3S. The van der Waals surface area contributed by atoms with Crippen LogP contribution in [-0.2, 0) is 6.54 Å². The Balaban J connectivity index is 1.82. The summed E-state index contributed by atoms with van der Waals surface area (Å²) in [5.41, 5.74) is 4.75. The van der Waals surface area contributed by atoms with Crippen LogP contribution in [0.5, 0.6) is 0 Å². The van der Waals surface area contributed by atoms with Gasteiger partial charge in [-0.1, -0.05) is 17.7 Å². The monoisotopic (exact) mass is 257 g/mol. The van der Waals surface area contributed by atoms with E-state index in [1.807, 2.05) is 0 Å². The lowest BCUT2D eigenvalue weighted by atomic mass is 10.2. The summed E-state index contributed by atoms with van der Waals surface area (Å²) in [5, 5.41) is 5.51. The minimum Gasteiger partial charge on any atom is -0.379 e. The summed E-state index contributed by atoms with van der Waals surface area (Å²) in [5.74, 6) is 0. The second-order valence-electron chi connectivity index (χ2n) is 4.42. The van der Waals surface area contributed by atoms with Crippen molar-refractivity contribution >= 4 is 22.0 Å². The number of benzene rings is 1. The van der Waals surface area contributed by atoms with Gasteiger partial charge in [0.2, 0.25) is 0 Å². The van der Waals surface area contributed by atoms with E-state index >= 15 is 0 Å². The van der Waals surface area contributed by atoms with E-state index in [4.69, 9.17) is 0 Å². The molecule has 2 aromatic heterocycles. The molecular weight excluding hydrogens is 242 g/mol. The van der Waals surface area contributed by atoms with Crippen molar-refractivity contribution in [2.45, 2.75) is 20.4 Å². The molecule has 92 valence electrons. The molecule has 0 bridgehead atoms. The Bertz CT molecular complexity index is 664. The molecule has 3 nitrogen and oxygen atoms in total. The summed E-state index contributed by atoms with van der Waals surface area (Å²) in [4.78, 5) is 5.60. The SMILES string of the molecule is Cc1ccc(NCc2c(C)nc3sccn23)cc1. The molecule has 4 heteroatoms. The summed E-state index contributed by atoms with van der Waals surface area (Å²) in [6.45, 7) is 4.96. The minimum atomic E-state index is 0.798. The molecule has 0 saturated heterocycles. The third kappa shape index (κ3) is 1.99. The van der Waals surface area contributed by atoms with Gasteiger partial charge in [-0.2, -0.15) is 0 Å². The Morgan fingerprint density at radius 1 is 1.22 bits per heavy atom. The van der Waals surface area contributed by atoms with Crippen LogP contribution < -0.4 is 5.32 Å². The maximum atomic E-state index is 4.54. The zero-order valence-electron chi connectivity index (χ0n) is 10.5. The standard InChI is InChI=1S/C14H15N3S/c1-10-3-5-12(6-4-10)15-9-13-11(2)16-14-17(13)7-8-18-14/h3-8,15H,9H2,1-2H3. The van der Waals surface area contributed by atoms with Gasteiger partial charge in [-0.25, -0.2) is 4.98 Å². The predicted octanol–water partition coefficient (Wildman–Crippen LogP) is 3.62. The van der Waals surface area contributed by atoms with Crippen molar-refractivity contribution in [2.75, 3.05) is 5.32 Å². The van der Waals surface area contributed by atoms with Gasteiger partial charge >= 0.3 is 0 Å². The highest BCUT2D eigenvalue weighted by Crippen LogP contribution is 2.18. The Labute approximate surface area is 110 Å². The topological polar surface area (TPSA) is 29.3 Å².